The fraction of sp³-hybridized carbons (Fsp3) is 0.387. The average molecular weight is 485 g/mol. The van der Waals surface area contributed by atoms with Gasteiger partial charge in [-0.2, -0.15) is 0 Å². The molecule has 0 bridgehead atoms. The van der Waals surface area contributed by atoms with Gasteiger partial charge in [-0.1, -0.05) is 67.4 Å². The number of nitrogens with zero attached hydrogens (tertiary/aromatic N) is 1. The highest BCUT2D eigenvalue weighted by Crippen LogP contribution is 2.27. The Balaban J connectivity index is 1.26. The molecule has 0 aromatic heterocycles. The van der Waals surface area contributed by atoms with Crippen molar-refractivity contribution in [2.24, 2.45) is 0 Å². The van der Waals surface area contributed by atoms with Crippen LogP contribution in [0.1, 0.15) is 54.4 Å². The molecule has 2 fully saturated rings. The number of carbonyl (C=O) groups is 1. The first-order valence-corrected chi connectivity index (χ1v) is 13.3. The molecule has 5 rings (SSSR count). The van der Waals surface area contributed by atoms with Gasteiger partial charge < -0.3 is 20.1 Å². The number of piperidine rings is 1. The highest BCUT2D eigenvalue weighted by Gasteiger charge is 2.26. The van der Waals surface area contributed by atoms with Crippen LogP contribution in [0.15, 0.2) is 72.3 Å². The lowest BCUT2D eigenvalue weighted by molar-refractivity contribution is 0.0697. The molecule has 5 heteroatoms. The molecule has 36 heavy (non-hydrogen) atoms. The lowest BCUT2D eigenvalue weighted by Gasteiger charge is -2.36. The van der Waals surface area contributed by atoms with Crippen LogP contribution in [0.2, 0.25) is 0 Å². The van der Waals surface area contributed by atoms with Crippen molar-refractivity contribution in [3.05, 3.63) is 83.4 Å². The van der Waals surface area contributed by atoms with E-state index >= 15 is 0 Å². The van der Waals surface area contributed by atoms with Crippen LogP contribution >= 0.6 is 0 Å². The molecule has 1 aliphatic heterocycles. The van der Waals surface area contributed by atoms with Crippen molar-refractivity contribution in [2.75, 3.05) is 26.2 Å². The van der Waals surface area contributed by atoms with Gasteiger partial charge in [0.25, 0.3) is 0 Å². The zero-order valence-corrected chi connectivity index (χ0v) is 20.9. The summed E-state index contributed by atoms with van der Waals surface area (Å²) in [6.07, 6.45) is 10.0. The molecular weight excluding hydrogens is 448 g/mol. The minimum atomic E-state index is -0.907. The van der Waals surface area contributed by atoms with Crippen LogP contribution < -0.4 is 10.1 Å². The molecule has 188 valence electrons. The summed E-state index contributed by atoms with van der Waals surface area (Å²) in [5.41, 5.74) is 2.42. The summed E-state index contributed by atoms with van der Waals surface area (Å²) in [4.78, 5) is 13.9. The van der Waals surface area contributed by atoms with Gasteiger partial charge in [-0.05, 0) is 73.5 Å². The molecule has 0 unspecified atom stereocenters. The number of aromatic carboxylic acids is 1. The summed E-state index contributed by atoms with van der Waals surface area (Å²) in [5, 5.41) is 15.3. The number of carboxylic acids is 1. The molecule has 0 amide bonds. The summed E-state index contributed by atoms with van der Waals surface area (Å²) < 4.78 is 6.33. The predicted molar refractivity (Wildman–Crippen MR) is 146 cm³/mol. The van der Waals surface area contributed by atoms with Crippen LogP contribution in [0.25, 0.3) is 16.8 Å². The van der Waals surface area contributed by atoms with Crippen molar-refractivity contribution < 1.29 is 14.6 Å². The second kappa shape index (κ2) is 11.7. The third-order valence-electron chi connectivity index (χ3n) is 7.68. The number of ether oxygens (including phenoxy) is 1. The first-order chi connectivity index (χ1) is 17.7. The average Bonchev–Trinajstić information content (AvgIpc) is 3.46. The van der Waals surface area contributed by atoms with Crippen LogP contribution in [0.3, 0.4) is 0 Å². The monoisotopic (exact) mass is 484 g/mol. The Morgan fingerprint density at radius 1 is 0.944 bits per heavy atom. The van der Waals surface area contributed by atoms with E-state index < -0.39 is 5.97 Å². The molecule has 1 saturated heterocycles. The molecule has 1 saturated carbocycles. The number of rotatable bonds is 9. The van der Waals surface area contributed by atoms with E-state index in [0.717, 1.165) is 40.2 Å². The van der Waals surface area contributed by atoms with E-state index in [4.69, 9.17) is 4.74 Å². The number of fused-ring (bicyclic) bond motifs is 1. The van der Waals surface area contributed by atoms with Crippen molar-refractivity contribution in [1.29, 1.82) is 0 Å². The van der Waals surface area contributed by atoms with Crippen molar-refractivity contribution >= 4 is 22.8 Å². The number of benzene rings is 3. The van der Waals surface area contributed by atoms with E-state index in [1.807, 2.05) is 36.4 Å². The molecule has 3 aromatic rings. The molecule has 5 nitrogen and oxygen atoms in total. The quantitative estimate of drug-likeness (QED) is 0.390. The molecule has 0 radical (unpaired) electrons. The predicted octanol–water partition coefficient (Wildman–Crippen LogP) is 6.00. The number of likely N-dealkylation sites (tertiary alicyclic amines) is 1. The van der Waals surface area contributed by atoms with E-state index in [9.17, 15) is 9.90 Å². The van der Waals surface area contributed by atoms with Gasteiger partial charge >= 0.3 is 5.97 Å². The van der Waals surface area contributed by atoms with Gasteiger partial charge in [0.2, 0.25) is 0 Å². The van der Waals surface area contributed by atoms with Gasteiger partial charge in [0, 0.05) is 24.0 Å². The second-order valence-electron chi connectivity index (χ2n) is 10.1. The standard InChI is InChI=1S/C31H36N2O3/c34-31(35)26-14-12-23(13-15-26)20-24(22-36-30-11-5-7-25-6-1-4-10-29(25)30)21-32-27-16-18-33(19-17-27)28-8-2-3-9-28/h1,4-7,10-15,20,27-28,32H,2-3,8-9,16-19,21-22H2,(H,34,35)/b24-20+. The Morgan fingerprint density at radius 3 is 2.42 bits per heavy atom. The molecule has 1 heterocycles. The van der Waals surface area contributed by atoms with Crippen molar-refractivity contribution in [3.8, 4) is 5.75 Å². The molecule has 1 aliphatic carbocycles. The smallest absolute Gasteiger partial charge is 0.335 e. The maximum absolute atomic E-state index is 11.2. The van der Waals surface area contributed by atoms with Gasteiger partial charge in [0.15, 0.2) is 0 Å². The molecule has 3 aromatic carbocycles. The Morgan fingerprint density at radius 2 is 1.67 bits per heavy atom. The van der Waals surface area contributed by atoms with Crippen LogP contribution in [-0.4, -0.2) is 54.3 Å². The Hall–Kier alpha value is -3.15. The van der Waals surface area contributed by atoms with Gasteiger partial charge in [0.1, 0.15) is 12.4 Å². The first-order valence-electron chi connectivity index (χ1n) is 13.3. The highest BCUT2D eigenvalue weighted by atomic mass is 16.5. The first kappa shape index (κ1) is 24.5. The molecule has 0 atom stereocenters. The Bertz CT molecular complexity index is 1180. The molecular formula is C31H36N2O3. The maximum atomic E-state index is 11.2. The largest absolute Gasteiger partial charge is 0.489 e. The SMILES string of the molecule is O=C(O)c1ccc(/C=C(\CNC2CCN(C3CCCC3)CC2)COc2cccc3ccccc23)cc1. The lowest BCUT2D eigenvalue weighted by Crippen LogP contribution is -2.46. The fourth-order valence-corrected chi connectivity index (χ4v) is 5.61. The minimum absolute atomic E-state index is 0.299. The van der Waals surface area contributed by atoms with E-state index in [1.54, 1.807) is 12.1 Å². The zero-order chi connectivity index (χ0) is 24.7. The number of hydrogen-bond acceptors (Lipinski definition) is 4. The summed E-state index contributed by atoms with van der Waals surface area (Å²) in [5.74, 6) is -0.0271. The number of hydrogen-bond donors (Lipinski definition) is 2. The lowest BCUT2D eigenvalue weighted by atomic mass is 10.0. The van der Waals surface area contributed by atoms with Crippen LogP contribution in [0.5, 0.6) is 5.75 Å². The van der Waals surface area contributed by atoms with Crippen molar-refractivity contribution in [1.82, 2.24) is 10.2 Å². The zero-order valence-electron chi connectivity index (χ0n) is 20.9. The Labute approximate surface area is 213 Å². The third-order valence-corrected chi connectivity index (χ3v) is 7.68. The summed E-state index contributed by atoms with van der Waals surface area (Å²) >= 11 is 0. The van der Waals surface area contributed by atoms with Gasteiger partial charge in [0.05, 0.1) is 5.56 Å². The highest BCUT2D eigenvalue weighted by molar-refractivity contribution is 5.88. The second-order valence-corrected chi connectivity index (χ2v) is 10.1. The van der Waals surface area contributed by atoms with E-state index in [0.29, 0.717) is 18.2 Å². The fourth-order valence-electron chi connectivity index (χ4n) is 5.61. The summed E-state index contributed by atoms with van der Waals surface area (Å²) in [6, 6.07) is 22.8. The van der Waals surface area contributed by atoms with Crippen LogP contribution in [0.4, 0.5) is 0 Å². The van der Waals surface area contributed by atoms with Gasteiger partial charge in [-0.3, -0.25) is 0 Å². The van der Waals surface area contributed by atoms with Crippen molar-refractivity contribution in [2.45, 2.75) is 50.6 Å². The molecule has 2 aliphatic rings. The molecule has 0 spiro atoms. The van der Waals surface area contributed by atoms with Crippen LogP contribution in [-0.2, 0) is 0 Å². The van der Waals surface area contributed by atoms with Crippen molar-refractivity contribution in [3.63, 3.8) is 0 Å². The minimum Gasteiger partial charge on any atom is -0.489 e. The maximum Gasteiger partial charge on any atom is 0.335 e. The third kappa shape index (κ3) is 6.15. The number of nitrogens with one attached hydrogen (secondary N) is 1. The van der Waals surface area contributed by atoms with E-state index in [-0.39, 0.29) is 0 Å². The van der Waals surface area contributed by atoms with Gasteiger partial charge in [-0.15, -0.1) is 0 Å². The van der Waals surface area contributed by atoms with Gasteiger partial charge in [-0.25, -0.2) is 4.79 Å². The topological polar surface area (TPSA) is 61.8 Å². The van der Waals surface area contributed by atoms with E-state index in [2.05, 4.69) is 34.5 Å². The summed E-state index contributed by atoms with van der Waals surface area (Å²) in [7, 11) is 0. The number of carboxylic acid groups (broad SMARTS) is 1. The molecule has 2 N–H and O–H groups in total. The Kier molecular flexibility index (Phi) is 7.99. The summed E-state index contributed by atoms with van der Waals surface area (Å²) in [6.45, 7) is 3.59. The van der Waals surface area contributed by atoms with E-state index in [1.165, 1.54) is 51.6 Å². The van der Waals surface area contributed by atoms with Crippen LogP contribution in [0, 0.1) is 0 Å². The normalized spacial score (nSPS) is 18.1.